The zero-order valence-electron chi connectivity index (χ0n) is 23.2. The Morgan fingerprint density at radius 1 is 0.977 bits per heavy atom. The lowest BCUT2D eigenvalue weighted by Crippen LogP contribution is -2.54. The van der Waals surface area contributed by atoms with Crippen molar-refractivity contribution in [2.75, 3.05) is 17.4 Å². The Morgan fingerprint density at radius 3 is 2.34 bits per heavy atom. The molecule has 9 rings (SSSR count). The smallest absolute Gasteiger partial charge is 0.273 e. The lowest BCUT2D eigenvalue weighted by molar-refractivity contribution is -0.384. The van der Waals surface area contributed by atoms with Crippen LogP contribution in [0.1, 0.15) is 28.2 Å². The second-order valence-electron chi connectivity index (χ2n) is 11.0. The molecule has 1 N–H and O–H groups in total. The van der Waals surface area contributed by atoms with Crippen LogP contribution >= 0.6 is 11.3 Å². The van der Waals surface area contributed by atoms with Gasteiger partial charge in [0.2, 0.25) is 16.9 Å². The highest BCUT2D eigenvalue weighted by Gasteiger charge is 2.68. The highest BCUT2D eigenvalue weighted by atomic mass is 32.1. The molecule has 1 aromatic heterocycles. The molecule has 2 atom stereocenters. The lowest BCUT2D eigenvalue weighted by Gasteiger charge is -2.52. The molecule has 1 aliphatic heterocycles. The quantitative estimate of drug-likeness (QED) is 0.112. The van der Waals surface area contributed by atoms with Gasteiger partial charge in [0.05, 0.1) is 51.3 Å². The van der Waals surface area contributed by atoms with Crippen LogP contribution in [0.15, 0.2) is 96.1 Å². The van der Waals surface area contributed by atoms with Crippen molar-refractivity contribution in [1.82, 2.24) is 4.98 Å². The van der Waals surface area contributed by atoms with Crippen LogP contribution in [0.25, 0.3) is 10.2 Å². The largest absolute Gasteiger partial charge is 0.494 e. The lowest BCUT2D eigenvalue weighted by atomic mass is 9.47. The minimum Gasteiger partial charge on any atom is -0.494 e. The number of hydrogen-bond acceptors (Lipinski definition) is 9. The fourth-order valence-corrected chi connectivity index (χ4v) is 8.18. The van der Waals surface area contributed by atoms with Gasteiger partial charge < -0.3 is 4.74 Å². The van der Waals surface area contributed by atoms with Crippen molar-refractivity contribution in [2.24, 2.45) is 16.9 Å². The van der Waals surface area contributed by atoms with Crippen LogP contribution in [0.4, 0.5) is 16.5 Å². The van der Waals surface area contributed by atoms with E-state index in [1.54, 1.807) is 6.21 Å². The summed E-state index contributed by atoms with van der Waals surface area (Å²) in [5.41, 5.74) is 6.61. The van der Waals surface area contributed by atoms with Crippen LogP contribution in [0.3, 0.4) is 0 Å². The number of nitrogens with zero attached hydrogens (tertiary/aromatic N) is 4. The standard InChI is InChI=1S/C33H23N5O5S/c1-43-25-16-18(38(41)42)14-15-24(25)37-30(39)28-27-19-8-2-4-10-21(19)33(29(28)31(37)40,22-11-5-3-9-20(22)27)17-34-36-32-35-23-12-6-7-13-26(23)44-32/h2-17,27-29H,1H3,(H,35,36)/b34-17-/t27?,28-,29+,33?/m1/s1. The van der Waals surface area contributed by atoms with Gasteiger partial charge in [-0.15, -0.1) is 0 Å². The van der Waals surface area contributed by atoms with E-state index in [0.29, 0.717) is 5.13 Å². The Morgan fingerprint density at radius 2 is 1.66 bits per heavy atom. The average molecular weight is 602 g/mol. The fraction of sp³-hybridized carbons (Fsp3) is 0.152. The molecule has 44 heavy (non-hydrogen) atoms. The highest BCUT2D eigenvalue weighted by molar-refractivity contribution is 7.22. The number of ether oxygens (including phenoxy) is 1. The molecule has 5 aromatic rings. The van der Waals surface area contributed by atoms with E-state index in [1.807, 2.05) is 72.8 Å². The summed E-state index contributed by atoms with van der Waals surface area (Å²) in [6, 6.07) is 27.5. The van der Waals surface area contributed by atoms with E-state index in [-0.39, 0.29) is 28.9 Å². The summed E-state index contributed by atoms with van der Waals surface area (Å²) in [6.45, 7) is 0. The van der Waals surface area contributed by atoms with E-state index < -0.39 is 28.1 Å². The Hall–Kier alpha value is -5.42. The van der Waals surface area contributed by atoms with Crippen LogP contribution in [-0.4, -0.2) is 35.0 Å². The Balaban J connectivity index is 1.31. The van der Waals surface area contributed by atoms with E-state index in [4.69, 9.17) is 9.84 Å². The number of thiazole rings is 1. The minimum atomic E-state index is -1.08. The molecular weight excluding hydrogens is 578 g/mol. The third-order valence-corrected chi connectivity index (χ3v) is 9.96. The maximum absolute atomic E-state index is 14.6. The van der Waals surface area contributed by atoms with Gasteiger partial charge in [-0.05, 0) is 40.5 Å². The van der Waals surface area contributed by atoms with E-state index in [1.165, 1.54) is 36.6 Å². The van der Waals surface area contributed by atoms with Crippen LogP contribution in [-0.2, 0) is 15.0 Å². The summed E-state index contributed by atoms with van der Waals surface area (Å²) in [4.78, 5) is 45.7. The number of imide groups is 1. The number of nitro groups is 1. The van der Waals surface area contributed by atoms with Crippen LogP contribution in [0.2, 0.25) is 0 Å². The molecule has 10 nitrogen and oxygen atoms in total. The molecule has 2 heterocycles. The molecule has 0 unspecified atom stereocenters. The Labute approximate surface area is 254 Å². The molecule has 11 heteroatoms. The van der Waals surface area contributed by atoms with Crippen LogP contribution in [0.5, 0.6) is 5.75 Å². The number of carbonyl (C=O) groups is 2. The second kappa shape index (κ2) is 9.55. The number of para-hydroxylation sites is 1. The number of nitrogens with one attached hydrogen (secondary N) is 1. The number of fused-ring (bicyclic) bond motifs is 1. The molecule has 0 saturated carbocycles. The molecule has 216 valence electrons. The van der Waals surface area contributed by atoms with Gasteiger partial charge in [-0.25, -0.2) is 9.88 Å². The molecule has 4 aromatic carbocycles. The number of methoxy groups -OCH3 is 1. The van der Waals surface area contributed by atoms with Gasteiger partial charge in [0.1, 0.15) is 5.75 Å². The van der Waals surface area contributed by atoms with Crippen molar-refractivity contribution in [3.63, 3.8) is 0 Å². The van der Waals surface area contributed by atoms with Gasteiger partial charge >= 0.3 is 0 Å². The summed E-state index contributed by atoms with van der Waals surface area (Å²) < 4.78 is 6.48. The average Bonchev–Trinajstić information content (AvgIpc) is 3.58. The first-order chi connectivity index (χ1) is 21.4. The number of amides is 2. The SMILES string of the molecule is COc1cc([N+](=O)[O-])ccc1N1C(=O)[C@@H]2C3c4ccccc4C(/C=N\Nc4nc5ccccc5s4)(c4ccccc43)[C@@H]2C1=O. The molecule has 2 amide bonds. The summed E-state index contributed by atoms with van der Waals surface area (Å²) in [7, 11) is 1.36. The minimum absolute atomic E-state index is 0.0714. The van der Waals surface area contributed by atoms with Crippen molar-refractivity contribution in [3.8, 4) is 5.75 Å². The van der Waals surface area contributed by atoms with Crippen LogP contribution in [0, 0.1) is 22.0 Å². The number of hydrazone groups is 1. The third-order valence-electron chi connectivity index (χ3n) is 9.02. The maximum atomic E-state index is 14.6. The maximum Gasteiger partial charge on any atom is 0.273 e. The van der Waals surface area contributed by atoms with Gasteiger partial charge in [0, 0.05) is 18.2 Å². The van der Waals surface area contributed by atoms with Gasteiger partial charge in [0.25, 0.3) is 5.69 Å². The molecular formula is C33H23N5O5S. The molecule has 3 aliphatic carbocycles. The van der Waals surface area contributed by atoms with Crippen LogP contribution < -0.4 is 15.1 Å². The number of benzene rings is 4. The van der Waals surface area contributed by atoms with Crippen molar-refractivity contribution in [2.45, 2.75) is 11.3 Å². The predicted octanol–water partition coefficient (Wildman–Crippen LogP) is 5.86. The number of nitro benzene ring substituents is 1. The molecule has 2 bridgehead atoms. The summed E-state index contributed by atoms with van der Waals surface area (Å²) in [5, 5.41) is 16.8. The van der Waals surface area contributed by atoms with Gasteiger partial charge in [0.15, 0.2) is 0 Å². The number of hydrogen-bond donors (Lipinski definition) is 1. The first kappa shape index (κ1) is 26.2. The Bertz CT molecular complexity index is 1990. The van der Waals surface area contributed by atoms with Gasteiger partial charge in [-0.1, -0.05) is 72.0 Å². The highest BCUT2D eigenvalue weighted by Crippen LogP contribution is 2.64. The second-order valence-corrected chi connectivity index (χ2v) is 12.0. The topological polar surface area (TPSA) is 127 Å². The van der Waals surface area contributed by atoms with E-state index in [9.17, 15) is 19.7 Å². The summed E-state index contributed by atoms with van der Waals surface area (Å²) in [6.07, 6.45) is 1.76. The van der Waals surface area contributed by atoms with E-state index in [2.05, 4.69) is 10.4 Å². The number of anilines is 2. The van der Waals surface area contributed by atoms with Gasteiger partial charge in [-0.2, -0.15) is 5.10 Å². The number of non-ortho nitro benzene ring substituents is 1. The number of carbonyl (C=O) groups excluding carboxylic acids is 2. The summed E-state index contributed by atoms with van der Waals surface area (Å²) in [5.74, 6) is -2.61. The van der Waals surface area contributed by atoms with Crippen molar-refractivity contribution in [3.05, 3.63) is 123 Å². The molecule has 0 spiro atoms. The molecule has 1 fully saturated rings. The monoisotopic (exact) mass is 601 g/mol. The third kappa shape index (κ3) is 3.47. The van der Waals surface area contributed by atoms with Crippen molar-refractivity contribution >= 4 is 56.1 Å². The van der Waals surface area contributed by atoms with E-state index >= 15 is 0 Å². The van der Waals surface area contributed by atoms with Gasteiger partial charge in [-0.3, -0.25) is 25.1 Å². The Kier molecular flexibility index (Phi) is 5.69. The molecule has 4 aliphatic rings. The van der Waals surface area contributed by atoms with Crippen molar-refractivity contribution < 1.29 is 19.2 Å². The summed E-state index contributed by atoms with van der Waals surface area (Å²) >= 11 is 1.47. The zero-order chi connectivity index (χ0) is 30.2. The normalized spacial score (nSPS) is 23.1. The fourth-order valence-electron chi connectivity index (χ4n) is 7.36. The first-order valence-corrected chi connectivity index (χ1v) is 14.8. The van der Waals surface area contributed by atoms with Crippen molar-refractivity contribution in [1.29, 1.82) is 0 Å². The number of rotatable bonds is 6. The van der Waals surface area contributed by atoms with E-state index in [0.717, 1.165) is 37.4 Å². The number of aromatic nitrogens is 1. The first-order valence-electron chi connectivity index (χ1n) is 14.0. The zero-order valence-corrected chi connectivity index (χ0v) is 24.0. The predicted molar refractivity (Wildman–Crippen MR) is 166 cm³/mol. The molecule has 1 saturated heterocycles. The molecule has 0 radical (unpaired) electrons.